The second-order valence-corrected chi connectivity index (χ2v) is 4.09. The van der Waals surface area contributed by atoms with Crippen LogP contribution in [-0.4, -0.2) is 6.10 Å². The number of benzene rings is 1. The Hall–Kier alpha value is -1.08. The number of hydrogen-bond acceptors (Lipinski definition) is 1. The molecule has 1 unspecified atom stereocenters. The molecule has 1 aromatic carbocycles. The van der Waals surface area contributed by atoms with Crippen molar-refractivity contribution >= 4 is 0 Å². The summed E-state index contributed by atoms with van der Waals surface area (Å²) in [7, 11) is 0. The van der Waals surface area contributed by atoms with Crippen LogP contribution in [0.25, 0.3) is 0 Å². The highest BCUT2D eigenvalue weighted by molar-refractivity contribution is 5.13. The zero-order chi connectivity index (χ0) is 11.6. The van der Waals surface area contributed by atoms with Gasteiger partial charge in [0.25, 0.3) is 0 Å². The maximum Gasteiger partial charge on any atom is 0.0720 e. The quantitative estimate of drug-likeness (QED) is 0.590. The van der Waals surface area contributed by atoms with Gasteiger partial charge in [-0.1, -0.05) is 56.2 Å². The van der Waals surface area contributed by atoms with E-state index in [1.165, 1.54) is 18.4 Å². The lowest BCUT2D eigenvalue weighted by Gasteiger charge is -2.16. The van der Waals surface area contributed by atoms with Gasteiger partial charge in [-0.3, -0.25) is 0 Å². The van der Waals surface area contributed by atoms with Gasteiger partial charge in [-0.05, 0) is 18.4 Å². The highest BCUT2D eigenvalue weighted by Crippen LogP contribution is 2.12. The summed E-state index contributed by atoms with van der Waals surface area (Å²) in [5, 5.41) is 0. The van der Waals surface area contributed by atoms with Gasteiger partial charge in [0.15, 0.2) is 0 Å². The summed E-state index contributed by atoms with van der Waals surface area (Å²) in [6, 6.07) is 10.3. The second-order valence-electron chi connectivity index (χ2n) is 4.09. The molecule has 0 amide bonds. The van der Waals surface area contributed by atoms with E-state index < -0.39 is 0 Å². The number of rotatable bonds is 8. The summed E-state index contributed by atoms with van der Waals surface area (Å²) in [6.07, 6.45) is 6.82. The minimum absolute atomic E-state index is 0.331. The van der Waals surface area contributed by atoms with Crippen molar-refractivity contribution in [2.24, 2.45) is 0 Å². The maximum atomic E-state index is 5.90. The molecule has 0 N–H and O–H groups in total. The molecule has 0 saturated carbocycles. The topological polar surface area (TPSA) is 9.23 Å². The van der Waals surface area contributed by atoms with Crippen LogP contribution in [0.3, 0.4) is 0 Å². The molecule has 0 fully saturated rings. The third-order valence-corrected chi connectivity index (χ3v) is 2.64. The van der Waals surface area contributed by atoms with Crippen molar-refractivity contribution < 1.29 is 4.74 Å². The van der Waals surface area contributed by atoms with Crippen LogP contribution in [0.15, 0.2) is 43.0 Å². The molecule has 88 valence electrons. The van der Waals surface area contributed by atoms with E-state index in [2.05, 4.69) is 25.6 Å². The van der Waals surface area contributed by atoms with Crippen molar-refractivity contribution in [3.05, 3.63) is 48.6 Å². The van der Waals surface area contributed by atoms with Gasteiger partial charge in [0.1, 0.15) is 0 Å². The molecule has 0 aliphatic carbocycles. The molecule has 0 spiro atoms. The fourth-order valence-corrected chi connectivity index (χ4v) is 1.68. The smallest absolute Gasteiger partial charge is 0.0720 e. The molecule has 0 aliphatic heterocycles. The van der Waals surface area contributed by atoms with Crippen LogP contribution in [0.4, 0.5) is 0 Å². The molecular formula is C15H22O. The van der Waals surface area contributed by atoms with E-state index in [1.807, 2.05) is 24.3 Å². The summed E-state index contributed by atoms with van der Waals surface area (Å²) in [5.41, 5.74) is 1.24. The average molecular weight is 218 g/mol. The summed E-state index contributed by atoms with van der Waals surface area (Å²) in [5.74, 6) is 0. The van der Waals surface area contributed by atoms with Crippen LogP contribution in [0.1, 0.15) is 38.2 Å². The highest BCUT2D eigenvalue weighted by atomic mass is 16.5. The summed E-state index contributed by atoms with van der Waals surface area (Å²) >= 11 is 0. The first-order valence-corrected chi connectivity index (χ1v) is 6.13. The lowest BCUT2D eigenvalue weighted by atomic mass is 10.1. The lowest BCUT2D eigenvalue weighted by molar-refractivity contribution is 0.0357. The van der Waals surface area contributed by atoms with Crippen molar-refractivity contribution in [2.75, 3.05) is 0 Å². The van der Waals surface area contributed by atoms with Crippen molar-refractivity contribution in [1.82, 2.24) is 0 Å². The van der Waals surface area contributed by atoms with Crippen LogP contribution < -0.4 is 0 Å². The van der Waals surface area contributed by atoms with Gasteiger partial charge >= 0.3 is 0 Å². The zero-order valence-electron chi connectivity index (χ0n) is 10.2. The largest absolute Gasteiger partial charge is 0.373 e. The molecule has 1 rings (SSSR count). The predicted molar refractivity (Wildman–Crippen MR) is 69.4 cm³/mol. The summed E-state index contributed by atoms with van der Waals surface area (Å²) < 4.78 is 5.90. The van der Waals surface area contributed by atoms with Crippen LogP contribution in [-0.2, 0) is 11.3 Å². The minimum atomic E-state index is 0.331. The molecule has 0 aromatic heterocycles. The van der Waals surface area contributed by atoms with E-state index >= 15 is 0 Å². The summed E-state index contributed by atoms with van der Waals surface area (Å²) in [4.78, 5) is 0. The maximum absolute atomic E-state index is 5.90. The molecule has 0 aliphatic rings. The fraction of sp³-hybridized carbons (Fsp3) is 0.467. The number of unbranched alkanes of at least 4 members (excludes halogenated alkanes) is 1. The Balaban J connectivity index is 2.34. The Morgan fingerprint density at radius 3 is 2.69 bits per heavy atom. The lowest BCUT2D eigenvalue weighted by Crippen LogP contribution is -2.11. The molecule has 16 heavy (non-hydrogen) atoms. The van der Waals surface area contributed by atoms with E-state index in [0.29, 0.717) is 12.7 Å². The average Bonchev–Trinajstić information content (AvgIpc) is 2.34. The number of hydrogen-bond donors (Lipinski definition) is 0. The van der Waals surface area contributed by atoms with Crippen LogP contribution in [0.2, 0.25) is 0 Å². The predicted octanol–water partition coefficient (Wildman–Crippen LogP) is 4.34. The molecular weight excluding hydrogens is 196 g/mol. The molecule has 1 heteroatoms. The van der Waals surface area contributed by atoms with Gasteiger partial charge < -0.3 is 4.74 Å². The zero-order valence-corrected chi connectivity index (χ0v) is 10.2. The van der Waals surface area contributed by atoms with E-state index in [-0.39, 0.29) is 0 Å². The molecule has 0 saturated heterocycles. The first kappa shape index (κ1) is 13.0. The van der Waals surface area contributed by atoms with Crippen molar-refractivity contribution in [3.63, 3.8) is 0 Å². The van der Waals surface area contributed by atoms with Gasteiger partial charge in [0.05, 0.1) is 12.7 Å². The van der Waals surface area contributed by atoms with Gasteiger partial charge in [-0.25, -0.2) is 0 Å². The SMILES string of the molecule is C=CCC(CCCC)OCc1ccccc1. The van der Waals surface area contributed by atoms with E-state index in [0.717, 1.165) is 12.8 Å². The Morgan fingerprint density at radius 1 is 1.31 bits per heavy atom. The van der Waals surface area contributed by atoms with E-state index in [4.69, 9.17) is 4.74 Å². The first-order valence-electron chi connectivity index (χ1n) is 6.13. The van der Waals surface area contributed by atoms with Crippen molar-refractivity contribution in [2.45, 2.75) is 45.3 Å². The van der Waals surface area contributed by atoms with E-state index in [9.17, 15) is 0 Å². The Kier molecular flexibility index (Phi) is 6.59. The van der Waals surface area contributed by atoms with Gasteiger partial charge in [0, 0.05) is 0 Å². The first-order chi connectivity index (χ1) is 7.86. The second kappa shape index (κ2) is 8.12. The normalized spacial score (nSPS) is 12.3. The van der Waals surface area contributed by atoms with Gasteiger partial charge in [-0.15, -0.1) is 6.58 Å². The van der Waals surface area contributed by atoms with Gasteiger partial charge in [-0.2, -0.15) is 0 Å². The van der Waals surface area contributed by atoms with Crippen molar-refractivity contribution in [3.8, 4) is 0 Å². The molecule has 0 bridgehead atoms. The van der Waals surface area contributed by atoms with Crippen LogP contribution in [0, 0.1) is 0 Å². The third kappa shape index (κ3) is 5.13. The highest BCUT2D eigenvalue weighted by Gasteiger charge is 2.06. The molecule has 1 atom stereocenters. The Morgan fingerprint density at radius 2 is 2.06 bits per heavy atom. The Labute approximate surface area is 99.1 Å². The monoisotopic (exact) mass is 218 g/mol. The van der Waals surface area contributed by atoms with Crippen LogP contribution >= 0.6 is 0 Å². The number of ether oxygens (including phenoxy) is 1. The summed E-state index contributed by atoms with van der Waals surface area (Å²) in [6.45, 7) is 6.71. The minimum Gasteiger partial charge on any atom is -0.373 e. The molecule has 1 nitrogen and oxygen atoms in total. The van der Waals surface area contributed by atoms with Crippen LogP contribution in [0.5, 0.6) is 0 Å². The standard InChI is InChI=1S/C15H22O/c1-3-5-12-15(9-4-2)16-13-14-10-7-6-8-11-14/h4,6-8,10-11,15H,2-3,5,9,12-13H2,1H3. The van der Waals surface area contributed by atoms with E-state index in [1.54, 1.807) is 0 Å². The molecule has 1 aromatic rings. The Bertz CT molecular complexity index is 279. The molecule has 0 heterocycles. The van der Waals surface area contributed by atoms with Gasteiger partial charge in [0.2, 0.25) is 0 Å². The van der Waals surface area contributed by atoms with Crippen molar-refractivity contribution in [1.29, 1.82) is 0 Å². The molecule has 0 radical (unpaired) electrons. The fourth-order valence-electron chi connectivity index (χ4n) is 1.68. The third-order valence-electron chi connectivity index (χ3n) is 2.64.